The van der Waals surface area contributed by atoms with Gasteiger partial charge in [0.15, 0.2) is 0 Å². The third-order valence-corrected chi connectivity index (χ3v) is 5.57. The van der Waals surface area contributed by atoms with E-state index in [2.05, 4.69) is 74.1 Å². The molecule has 0 fully saturated rings. The maximum Gasteiger partial charge on any atom is 1.00 e. The van der Waals surface area contributed by atoms with Crippen LogP contribution in [0.25, 0.3) is 22.1 Å². The van der Waals surface area contributed by atoms with Crippen molar-refractivity contribution in [3.63, 3.8) is 0 Å². The summed E-state index contributed by atoms with van der Waals surface area (Å²) in [5.41, 5.74) is 1.96. The van der Waals surface area contributed by atoms with Crippen LogP contribution in [0, 0.1) is 37.3 Å². The molecule has 39 heavy (non-hydrogen) atoms. The first kappa shape index (κ1) is 37.1. The Morgan fingerprint density at radius 1 is 1.21 bits per heavy atom. The molecule has 4 rings (SSSR count). The molecule has 0 saturated heterocycles. The van der Waals surface area contributed by atoms with Crippen LogP contribution in [0.3, 0.4) is 0 Å². The number of aromatic nitrogens is 4. The van der Waals surface area contributed by atoms with Crippen LogP contribution in [0.4, 0.5) is 11.6 Å². The van der Waals surface area contributed by atoms with E-state index in [1.807, 2.05) is 31.0 Å². The van der Waals surface area contributed by atoms with Crippen LogP contribution in [0.15, 0.2) is 36.8 Å². The first-order valence-corrected chi connectivity index (χ1v) is 12.3. The first-order valence-electron chi connectivity index (χ1n) is 11.2. The van der Waals surface area contributed by atoms with Crippen LogP contribution in [-0.2, 0) is 4.74 Å². The van der Waals surface area contributed by atoms with Crippen LogP contribution < -0.4 is 47.8 Å². The van der Waals surface area contributed by atoms with Crippen molar-refractivity contribution in [3.05, 3.63) is 85.3 Å². The molecule has 4 heterocycles. The Morgan fingerprint density at radius 3 is 2.59 bits per heavy atom. The minimum absolute atomic E-state index is 0. The number of halogens is 1. The second kappa shape index (κ2) is 19.2. The number of pyridine rings is 2. The van der Waals surface area contributed by atoms with Crippen LogP contribution in [0.5, 0.6) is 5.75 Å². The van der Waals surface area contributed by atoms with Gasteiger partial charge in [0.25, 0.3) is 0 Å². The van der Waals surface area contributed by atoms with Crippen molar-refractivity contribution in [1.82, 2.24) is 24.8 Å². The summed E-state index contributed by atoms with van der Waals surface area (Å²) in [5.74, 6) is 2.01. The number of anilines is 2. The molecule has 1 aliphatic heterocycles. The molecule has 0 saturated carbocycles. The van der Waals surface area contributed by atoms with Crippen LogP contribution >= 0.6 is 22.6 Å². The fourth-order valence-corrected chi connectivity index (χ4v) is 3.37. The third-order valence-electron chi connectivity index (χ3n) is 5.02. The SMILES string of the molecule is C[C@H]1CCO[C-]=C(C=[N-])c2nccc(n2)Nc2cc(c(-c3cn[c-]c(I)c3)cn2)O1.[CH2-]CN(C)C[CH2-].[CH3-].[Li+].[Li+]. The van der Waals surface area contributed by atoms with Crippen molar-refractivity contribution in [2.75, 3.05) is 32.1 Å². The topological polar surface area (TPSA) is 108 Å². The normalized spacial score (nSPS) is 14.0. The smallest absolute Gasteiger partial charge is 0.878 e. The molecule has 4 bridgehead atoms. The summed E-state index contributed by atoms with van der Waals surface area (Å²) in [7, 11) is 1.99. The summed E-state index contributed by atoms with van der Waals surface area (Å²) in [6, 6.07) is 5.49. The Hall–Kier alpha value is -1.93. The van der Waals surface area contributed by atoms with Gasteiger partial charge in [-0.1, -0.05) is 38.6 Å². The predicted octanol–water partition coefficient (Wildman–Crippen LogP) is -0.901. The van der Waals surface area contributed by atoms with Crippen molar-refractivity contribution in [3.8, 4) is 16.9 Å². The average Bonchev–Trinajstić information content (AvgIpc) is 2.88. The molecule has 12 heteroatoms. The molecule has 198 valence electrons. The number of ether oxygens (including phenoxy) is 2. The molecule has 1 atom stereocenters. The molecule has 0 spiro atoms. The molecule has 3 aromatic heterocycles. The molecular formula is C27H30ILi2N7O2-4. The summed E-state index contributed by atoms with van der Waals surface area (Å²) in [6.45, 7) is 11.3. The Balaban J connectivity index is 0.00000145. The van der Waals surface area contributed by atoms with E-state index in [9.17, 15) is 5.41 Å². The summed E-state index contributed by atoms with van der Waals surface area (Å²) in [6.07, 6.45) is 12.0. The van der Waals surface area contributed by atoms with E-state index in [0.717, 1.165) is 34.0 Å². The van der Waals surface area contributed by atoms with Gasteiger partial charge in [-0.05, 0) is 20.0 Å². The summed E-state index contributed by atoms with van der Waals surface area (Å²) < 4.78 is 12.6. The fourth-order valence-electron chi connectivity index (χ4n) is 2.90. The molecule has 0 amide bonds. The molecule has 1 N–H and O–H groups in total. The molecule has 9 nitrogen and oxygen atoms in total. The van der Waals surface area contributed by atoms with Gasteiger partial charge in [-0.15, -0.1) is 30.3 Å². The van der Waals surface area contributed by atoms with E-state index in [0.29, 0.717) is 30.4 Å². The average molecular weight is 625 g/mol. The zero-order valence-electron chi connectivity index (χ0n) is 23.2. The Labute approximate surface area is 270 Å². The first-order chi connectivity index (χ1) is 17.4. The molecule has 0 aliphatic carbocycles. The van der Waals surface area contributed by atoms with Gasteiger partial charge in [-0.2, -0.15) is 0 Å². The number of hydrogen-bond donors (Lipinski definition) is 1. The van der Waals surface area contributed by atoms with E-state index in [1.165, 1.54) is 0 Å². The minimum atomic E-state index is -0.137. The summed E-state index contributed by atoms with van der Waals surface area (Å²) in [5, 5.41) is 12.6. The van der Waals surface area contributed by atoms with Gasteiger partial charge in [-0.3, -0.25) is 4.98 Å². The zero-order chi connectivity index (χ0) is 25.9. The maximum absolute atomic E-state index is 9.49. The Morgan fingerprint density at radius 2 is 1.95 bits per heavy atom. The van der Waals surface area contributed by atoms with Gasteiger partial charge in [0.2, 0.25) is 0 Å². The monoisotopic (exact) mass is 625 g/mol. The fraction of sp³-hybridized carbons (Fsp3) is 0.259. The van der Waals surface area contributed by atoms with E-state index in [4.69, 9.17) is 9.47 Å². The number of fused-ring (bicyclic) bond motifs is 4. The van der Waals surface area contributed by atoms with Gasteiger partial charge < -0.3 is 62.6 Å². The molecular weight excluding hydrogens is 595 g/mol. The van der Waals surface area contributed by atoms with Gasteiger partial charge >= 0.3 is 37.7 Å². The molecule has 0 unspecified atom stereocenters. The number of hydrogen-bond acceptors (Lipinski definition) is 8. The van der Waals surface area contributed by atoms with E-state index >= 15 is 0 Å². The van der Waals surface area contributed by atoms with E-state index in [1.54, 1.807) is 24.7 Å². The Bertz CT molecular complexity index is 1200. The minimum Gasteiger partial charge on any atom is -0.878 e. The van der Waals surface area contributed by atoms with Gasteiger partial charge in [0.05, 0.1) is 12.7 Å². The van der Waals surface area contributed by atoms with Gasteiger partial charge in [0.1, 0.15) is 17.4 Å². The van der Waals surface area contributed by atoms with Crippen molar-refractivity contribution >= 4 is 46.0 Å². The summed E-state index contributed by atoms with van der Waals surface area (Å²) >= 11 is 2.17. The quantitative estimate of drug-likeness (QED) is 0.172. The Kier molecular flexibility index (Phi) is 18.3. The van der Waals surface area contributed by atoms with Gasteiger partial charge in [0, 0.05) is 42.5 Å². The van der Waals surface area contributed by atoms with Crippen molar-refractivity contribution in [2.45, 2.75) is 19.4 Å². The van der Waals surface area contributed by atoms with Crippen molar-refractivity contribution in [1.29, 1.82) is 0 Å². The maximum atomic E-state index is 9.49. The van der Waals surface area contributed by atoms with Crippen LogP contribution in [0.1, 0.15) is 19.2 Å². The second-order valence-corrected chi connectivity index (χ2v) is 8.95. The molecule has 3 aromatic rings. The van der Waals surface area contributed by atoms with Crippen molar-refractivity contribution in [2.24, 2.45) is 0 Å². The predicted molar refractivity (Wildman–Crippen MR) is 156 cm³/mol. The number of nitrogens with zero attached hydrogens (tertiary/aromatic N) is 6. The largest absolute Gasteiger partial charge is 1.00 e. The number of rotatable bonds is 4. The van der Waals surface area contributed by atoms with E-state index in [-0.39, 0.29) is 62.6 Å². The molecule has 0 aromatic carbocycles. The van der Waals surface area contributed by atoms with Crippen LogP contribution in [-0.4, -0.2) is 63.9 Å². The number of allylic oxidation sites excluding steroid dienone is 1. The van der Waals surface area contributed by atoms with E-state index < -0.39 is 0 Å². The molecule has 0 radical (unpaired) electrons. The standard InChI is InChI=1S/C21H16IN6O2.C5H11N.CH3.2Li/c1-13-3-5-29-12-15(8-23)21-25-4-2-19(28-21)27-20-7-18(30-13)17(11-26-20)14-6-16(22)10-24-9-14;1-4-6(3)5-2;;;/h2,4,6-9,11,13H,3,5H2,1H3,(H,25,26,27,28);1-2,4-5H2,3H3;1H3;;/q-3;-2;-1;2*+1/t13-;;;;/m0..../s1. The molecule has 1 aliphatic rings. The van der Waals surface area contributed by atoms with Crippen LogP contribution in [0.2, 0.25) is 0 Å². The number of nitrogens with one attached hydrogen (secondary N) is 1. The zero-order valence-corrected chi connectivity index (χ0v) is 25.4. The van der Waals surface area contributed by atoms with Crippen molar-refractivity contribution < 1.29 is 47.2 Å². The third kappa shape index (κ3) is 11.6. The second-order valence-electron chi connectivity index (χ2n) is 7.79. The van der Waals surface area contributed by atoms with Gasteiger partial charge in [-0.25, -0.2) is 4.98 Å². The summed E-state index contributed by atoms with van der Waals surface area (Å²) in [4.78, 5) is 19.2.